The van der Waals surface area contributed by atoms with E-state index in [-0.39, 0.29) is 0 Å². The van der Waals surface area contributed by atoms with E-state index in [1.807, 2.05) is 0 Å². The second kappa shape index (κ2) is 12.0. The Morgan fingerprint density at radius 2 is 1.10 bits per heavy atom. The Morgan fingerprint density at radius 1 is 0.645 bits per heavy atom. The molecule has 0 heterocycles. The van der Waals surface area contributed by atoms with Crippen LogP contribution in [0, 0.1) is 11.8 Å². The molecule has 0 spiro atoms. The van der Waals surface area contributed by atoms with Gasteiger partial charge < -0.3 is 0 Å². The fraction of sp³-hybridized carbons (Fsp3) is 0.533. The minimum atomic E-state index is 0.786. The first kappa shape index (κ1) is 24.3. The summed E-state index contributed by atoms with van der Waals surface area (Å²) in [5.41, 5.74) is 3.05. The number of fused-ring (bicyclic) bond motifs is 2. The van der Waals surface area contributed by atoms with Crippen molar-refractivity contribution in [2.24, 2.45) is 11.8 Å². The summed E-state index contributed by atoms with van der Waals surface area (Å²) in [4.78, 5) is 0. The maximum Gasteiger partial charge on any atom is 0.0332 e. The molecule has 0 bridgehead atoms. The van der Waals surface area contributed by atoms with E-state index in [2.05, 4.69) is 86.1 Å². The van der Waals surface area contributed by atoms with Crippen molar-refractivity contribution in [2.45, 2.75) is 91.9 Å². The molecule has 3 rings (SSSR count). The molecule has 1 heteroatoms. The van der Waals surface area contributed by atoms with Gasteiger partial charge in [0, 0.05) is 4.47 Å². The van der Waals surface area contributed by atoms with Crippen LogP contribution >= 0.6 is 15.9 Å². The van der Waals surface area contributed by atoms with Gasteiger partial charge in [0.25, 0.3) is 0 Å². The summed E-state index contributed by atoms with van der Waals surface area (Å²) in [6.07, 6.45) is 12.9. The Labute approximate surface area is 199 Å². The molecule has 0 aliphatic rings. The first-order valence-corrected chi connectivity index (χ1v) is 13.5. The molecule has 0 saturated carbocycles. The average molecular weight is 482 g/mol. The van der Waals surface area contributed by atoms with E-state index in [4.69, 9.17) is 0 Å². The zero-order valence-corrected chi connectivity index (χ0v) is 21.7. The van der Waals surface area contributed by atoms with Gasteiger partial charge in [0.05, 0.1) is 0 Å². The predicted molar refractivity (Wildman–Crippen MR) is 143 cm³/mol. The lowest BCUT2D eigenvalue weighted by molar-refractivity contribution is 0.450. The summed E-state index contributed by atoms with van der Waals surface area (Å²) in [6, 6.07) is 16.3. The van der Waals surface area contributed by atoms with E-state index in [1.165, 1.54) is 101 Å². The first-order valence-electron chi connectivity index (χ1n) is 12.7. The zero-order valence-electron chi connectivity index (χ0n) is 20.1. The van der Waals surface area contributed by atoms with E-state index in [9.17, 15) is 0 Å². The van der Waals surface area contributed by atoms with Crippen LogP contribution in [-0.2, 0) is 12.8 Å². The van der Waals surface area contributed by atoms with Crippen molar-refractivity contribution < 1.29 is 0 Å². The Morgan fingerprint density at radius 3 is 1.48 bits per heavy atom. The van der Waals surface area contributed by atoms with Crippen LogP contribution < -0.4 is 0 Å². The van der Waals surface area contributed by atoms with Crippen LogP contribution in [0.2, 0.25) is 0 Å². The number of hydrogen-bond donors (Lipinski definition) is 0. The van der Waals surface area contributed by atoms with Gasteiger partial charge in [-0.1, -0.05) is 115 Å². The summed E-state index contributed by atoms with van der Waals surface area (Å²) in [6.45, 7) is 9.32. The predicted octanol–water partition coefficient (Wildman–Crippen LogP) is 10.3. The maximum atomic E-state index is 4.00. The highest BCUT2D eigenvalue weighted by molar-refractivity contribution is 9.10. The van der Waals surface area contributed by atoms with E-state index in [0.29, 0.717) is 0 Å². The smallest absolute Gasteiger partial charge is 0.0332 e. The highest BCUT2D eigenvalue weighted by Gasteiger charge is 2.15. The SMILES string of the molecule is CCCCC(CC)Cc1cccc2c(Br)c3cccc(CC(CC)CCCC)c3cc12. The van der Waals surface area contributed by atoms with Gasteiger partial charge in [-0.25, -0.2) is 0 Å². The molecule has 168 valence electrons. The number of benzene rings is 3. The lowest BCUT2D eigenvalue weighted by Gasteiger charge is -2.19. The van der Waals surface area contributed by atoms with Crippen LogP contribution in [0.25, 0.3) is 21.5 Å². The third kappa shape index (κ3) is 5.92. The topological polar surface area (TPSA) is 0 Å². The van der Waals surface area contributed by atoms with E-state index in [1.54, 1.807) is 0 Å². The van der Waals surface area contributed by atoms with Crippen molar-refractivity contribution in [3.05, 3.63) is 58.1 Å². The van der Waals surface area contributed by atoms with E-state index in [0.717, 1.165) is 11.8 Å². The highest BCUT2D eigenvalue weighted by Crippen LogP contribution is 2.37. The van der Waals surface area contributed by atoms with Gasteiger partial charge in [0.2, 0.25) is 0 Å². The molecule has 0 aliphatic heterocycles. The third-order valence-electron chi connectivity index (χ3n) is 7.26. The number of unbranched alkanes of at least 4 members (excludes halogenated alkanes) is 2. The summed E-state index contributed by atoms with van der Waals surface area (Å²) in [5.74, 6) is 1.57. The summed E-state index contributed by atoms with van der Waals surface area (Å²) >= 11 is 4.00. The Balaban J connectivity index is 2.05. The fourth-order valence-electron chi connectivity index (χ4n) is 5.10. The fourth-order valence-corrected chi connectivity index (χ4v) is 5.80. The van der Waals surface area contributed by atoms with Crippen LogP contribution in [-0.4, -0.2) is 0 Å². The maximum absolute atomic E-state index is 4.00. The van der Waals surface area contributed by atoms with Crippen LogP contribution in [0.1, 0.15) is 90.2 Å². The van der Waals surface area contributed by atoms with Crippen LogP contribution in [0.5, 0.6) is 0 Å². The van der Waals surface area contributed by atoms with E-state index >= 15 is 0 Å². The van der Waals surface area contributed by atoms with Crippen LogP contribution in [0.15, 0.2) is 46.9 Å². The molecule has 0 aromatic heterocycles. The van der Waals surface area contributed by atoms with Crippen molar-refractivity contribution in [1.82, 2.24) is 0 Å². The van der Waals surface area contributed by atoms with Gasteiger partial charge in [0.15, 0.2) is 0 Å². The van der Waals surface area contributed by atoms with Crippen molar-refractivity contribution in [2.75, 3.05) is 0 Å². The van der Waals surface area contributed by atoms with Gasteiger partial charge >= 0.3 is 0 Å². The lowest BCUT2D eigenvalue weighted by Crippen LogP contribution is -2.05. The lowest BCUT2D eigenvalue weighted by atomic mass is 9.87. The highest BCUT2D eigenvalue weighted by atomic mass is 79.9. The van der Waals surface area contributed by atoms with Crippen LogP contribution in [0.3, 0.4) is 0 Å². The Kier molecular flexibility index (Phi) is 9.45. The van der Waals surface area contributed by atoms with Gasteiger partial charge in [-0.2, -0.15) is 0 Å². The summed E-state index contributed by atoms with van der Waals surface area (Å²) in [7, 11) is 0. The first-order chi connectivity index (χ1) is 15.1. The molecule has 3 aromatic carbocycles. The summed E-state index contributed by atoms with van der Waals surface area (Å²) < 4.78 is 1.27. The van der Waals surface area contributed by atoms with Crippen molar-refractivity contribution in [1.29, 1.82) is 0 Å². The molecule has 2 unspecified atom stereocenters. The van der Waals surface area contributed by atoms with Gasteiger partial charge in [0.1, 0.15) is 0 Å². The molecular formula is C30H41Br. The van der Waals surface area contributed by atoms with Crippen molar-refractivity contribution in [3.63, 3.8) is 0 Å². The number of hydrogen-bond acceptors (Lipinski definition) is 0. The molecule has 0 nitrogen and oxygen atoms in total. The van der Waals surface area contributed by atoms with Gasteiger partial charge in [-0.15, -0.1) is 0 Å². The number of rotatable bonds is 12. The normalized spacial score (nSPS) is 13.7. The minimum absolute atomic E-state index is 0.786. The van der Waals surface area contributed by atoms with Crippen molar-refractivity contribution >= 4 is 37.5 Å². The molecule has 0 radical (unpaired) electrons. The molecule has 0 amide bonds. The number of halogens is 1. The quantitative estimate of drug-likeness (QED) is 0.226. The van der Waals surface area contributed by atoms with E-state index < -0.39 is 0 Å². The van der Waals surface area contributed by atoms with Crippen LogP contribution in [0.4, 0.5) is 0 Å². The zero-order chi connectivity index (χ0) is 22.2. The van der Waals surface area contributed by atoms with Gasteiger partial charge in [-0.05, 0) is 79.3 Å². The second-order valence-corrected chi connectivity index (χ2v) is 10.2. The Hall–Kier alpha value is -1.34. The second-order valence-electron chi connectivity index (χ2n) is 9.46. The molecule has 0 N–H and O–H groups in total. The molecule has 31 heavy (non-hydrogen) atoms. The van der Waals surface area contributed by atoms with Crippen molar-refractivity contribution in [3.8, 4) is 0 Å². The van der Waals surface area contributed by atoms with Gasteiger partial charge in [-0.3, -0.25) is 0 Å². The molecule has 0 fully saturated rings. The largest absolute Gasteiger partial charge is 0.0654 e. The molecule has 0 saturated heterocycles. The summed E-state index contributed by atoms with van der Waals surface area (Å²) in [5, 5.41) is 5.63. The standard InChI is InChI=1S/C30H41Br/c1-5-9-13-22(7-3)19-24-15-11-17-26-28(24)21-29-25(16-12-18-27(29)30(26)31)20-23(8-4)14-10-6-2/h11-12,15-18,21-23H,5-10,13-14,19-20H2,1-4H3. The minimum Gasteiger partial charge on any atom is -0.0654 e. The molecule has 2 atom stereocenters. The molecule has 0 aliphatic carbocycles. The average Bonchev–Trinajstić information content (AvgIpc) is 2.80. The Bertz CT molecular complexity index is 895. The monoisotopic (exact) mass is 480 g/mol. The third-order valence-corrected chi connectivity index (χ3v) is 8.11. The molecule has 3 aromatic rings. The molecular weight excluding hydrogens is 440 g/mol.